The summed E-state index contributed by atoms with van der Waals surface area (Å²) in [7, 11) is 0. The molecular formula is C17H28N2OS. The maximum atomic E-state index is 12.6. The van der Waals surface area contributed by atoms with Gasteiger partial charge >= 0.3 is 0 Å². The molecule has 21 heavy (non-hydrogen) atoms. The van der Waals surface area contributed by atoms with Gasteiger partial charge in [-0.25, -0.2) is 0 Å². The molecule has 0 aromatic carbocycles. The third-order valence-electron chi connectivity index (χ3n) is 4.07. The number of carbonyl (C=O) groups is 1. The first-order valence-electron chi connectivity index (χ1n) is 8.23. The highest BCUT2D eigenvalue weighted by atomic mass is 32.1. The predicted molar refractivity (Wildman–Crippen MR) is 89.3 cm³/mol. The second kappa shape index (κ2) is 7.95. The Morgan fingerprint density at radius 3 is 2.81 bits per heavy atom. The van der Waals surface area contributed by atoms with Gasteiger partial charge in [0.2, 0.25) is 5.91 Å². The van der Waals surface area contributed by atoms with Crippen LogP contribution in [-0.2, 0) is 4.79 Å². The summed E-state index contributed by atoms with van der Waals surface area (Å²) in [5, 5.41) is 5.62. The fourth-order valence-corrected chi connectivity index (χ4v) is 3.73. The second-order valence-corrected chi connectivity index (χ2v) is 7.33. The Morgan fingerprint density at radius 2 is 2.19 bits per heavy atom. The molecule has 1 fully saturated rings. The zero-order valence-corrected chi connectivity index (χ0v) is 14.3. The molecular weight excluding hydrogens is 280 g/mol. The monoisotopic (exact) mass is 308 g/mol. The number of rotatable bonds is 8. The summed E-state index contributed by atoms with van der Waals surface area (Å²) in [4.78, 5) is 15.9. The Hall–Kier alpha value is -0.870. The normalized spacial score (nSPS) is 22.5. The van der Waals surface area contributed by atoms with Crippen LogP contribution in [0.2, 0.25) is 0 Å². The van der Waals surface area contributed by atoms with Gasteiger partial charge in [-0.15, -0.1) is 11.3 Å². The van der Waals surface area contributed by atoms with E-state index in [1.54, 1.807) is 11.3 Å². The molecule has 1 saturated heterocycles. The van der Waals surface area contributed by atoms with Crippen LogP contribution < -0.4 is 5.32 Å². The van der Waals surface area contributed by atoms with E-state index in [1.807, 2.05) is 0 Å². The van der Waals surface area contributed by atoms with E-state index in [2.05, 4.69) is 48.5 Å². The van der Waals surface area contributed by atoms with Crippen LogP contribution in [0, 0.1) is 5.92 Å². The summed E-state index contributed by atoms with van der Waals surface area (Å²) in [6, 6.07) is 4.20. The molecule has 1 aromatic heterocycles. The van der Waals surface area contributed by atoms with E-state index in [0.29, 0.717) is 5.91 Å². The minimum Gasteiger partial charge on any atom is -0.321 e. The van der Waals surface area contributed by atoms with Crippen molar-refractivity contribution in [1.82, 2.24) is 10.2 Å². The number of nitrogens with zero attached hydrogens (tertiary/aromatic N) is 1. The van der Waals surface area contributed by atoms with Gasteiger partial charge in [0, 0.05) is 11.4 Å². The summed E-state index contributed by atoms with van der Waals surface area (Å²) in [6.45, 7) is 7.53. The molecule has 0 spiro atoms. The van der Waals surface area contributed by atoms with Gasteiger partial charge in [-0.05, 0) is 30.2 Å². The number of unbranched alkanes of at least 4 members (excludes halogenated alkanes) is 1. The first-order chi connectivity index (χ1) is 10.1. The van der Waals surface area contributed by atoms with Crippen LogP contribution in [0.1, 0.15) is 63.9 Å². The van der Waals surface area contributed by atoms with Crippen LogP contribution >= 0.6 is 11.3 Å². The van der Waals surface area contributed by atoms with Crippen LogP contribution in [0.15, 0.2) is 17.5 Å². The van der Waals surface area contributed by atoms with Crippen molar-refractivity contribution < 1.29 is 4.79 Å². The maximum absolute atomic E-state index is 12.6. The first-order valence-corrected chi connectivity index (χ1v) is 9.11. The Balaban J connectivity index is 1.98. The molecule has 2 heterocycles. The Morgan fingerprint density at radius 1 is 1.38 bits per heavy atom. The number of hydrogen-bond donors (Lipinski definition) is 1. The number of carbonyl (C=O) groups excluding carboxylic acids is 1. The summed E-state index contributed by atoms with van der Waals surface area (Å²) in [6.07, 6.45) is 5.62. The molecule has 0 bridgehead atoms. The summed E-state index contributed by atoms with van der Waals surface area (Å²) < 4.78 is 0. The molecule has 2 atom stereocenters. The Kier molecular flexibility index (Phi) is 6.24. The summed E-state index contributed by atoms with van der Waals surface area (Å²) in [5.41, 5.74) is 0. The van der Waals surface area contributed by atoms with E-state index < -0.39 is 0 Å². The molecule has 1 aliphatic heterocycles. The fourth-order valence-electron chi connectivity index (χ4n) is 2.93. The molecule has 4 heteroatoms. The number of amides is 1. The van der Waals surface area contributed by atoms with Crippen molar-refractivity contribution in [1.29, 1.82) is 0 Å². The van der Waals surface area contributed by atoms with Crippen LogP contribution in [0.4, 0.5) is 0 Å². The third-order valence-corrected chi connectivity index (χ3v) is 5.00. The van der Waals surface area contributed by atoms with Gasteiger partial charge < -0.3 is 4.90 Å². The van der Waals surface area contributed by atoms with Crippen molar-refractivity contribution in [3.63, 3.8) is 0 Å². The molecule has 2 rings (SSSR count). The van der Waals surface area contributed by atoms with Crippen molar-refractivity contribution in [2.45, 2.75) is 65.1 Å². The smallest absolute Gasteiger partial charge is 0.241 e. The Bertz CT molecular complexity index is 430. The standard InChI is InChI=1S/C17H28N2OS/c1-4-8-14-17(20)19(11-6-5-9-13(2)3)16(18-14)15-10-7-12-21-15/h7,10,12-14,16,18H,4-6,8-9,11H2,1-3H3. The van der Waals surface area contributed by atoms with E-state index in [9.17, 15) is 4.79 Å². The maximum Gasteiger partial charge on any atom is 0.241 e. The van der Waals surface area contributed by atoms with E-state index in [1.165, 1.54) is 17.7 Å². The minimum atomic E-state index is 0.00667. The third kappa shape index (κ3) is 4.30. The van der Waals surface area contributed by atoms with E-state index in [-0.39, 0.29) is 12.2 Å². The quantitative estimate of drug-likeness (QED) is 0.731. The van der Waals surface area contributed by atoms with Gasteiger partial charge in [0.05, 0.1) is 6.04 Å². The van der Waals surface area contributed by atoms with Crippen molar-refractivity contribution >= 4 is 17.2 Å². The van der Waals surface area contributed by atoms with Gasteiger partial charge in [0.1, 0.15) is 6.17 Å². The van der Waals surface area contributed by atoms with Crippen molar-refractivity contribution in [2.75, 3.05) is 6.54 Å². The lowest BCUT2D eigenvalue weighted by Gasteiger charge is -2.23. The predicted octanol–water partition coefficient (Wildman–Crippen LogP) is 4.17. The van der Waals surface area contributed by atoms with Crippen molar-refractivity contribution in [2.24, 2.45) is 5.92 Å². The highest BCUT2D eigenvalue weighted by Gasteiger charge is 2.38. The molecule has 0 radical (unpaired) electrons. The van der Waals surface area contributed by atoms with E-state index in [0.717, 1.165) is 31.7 Å². The van der Waals surface area contributed by atoms with Crippen molar-refractivity contribution in [3.8, 4) is 0 Å². The van der Waals surface area contributed by atoms with Gasteiger partial charge in [-0.1, -0.05) is 46.1 Å². The molecule has 118 valence electrons. The molecule has 1 aliphatic rings. The van der Waals surface area contributed by atoms with Gasteiger partial charge in [-0.3, -0.25) is 10.1 Å². The average molecular weight is 308 g/mol. The summed E-state index contributed by atoms with van der Waals surface area (Å²) in [5.74, 6) is 1.04. The zero-order valence-electron chi connectivity index (χ0n) is 13.5. The lowest BCUT2D eigenvalue weighted by molar-refractivity contribution is -0.130. The van der Waals surface area contributed by atoms with Gasteiger partial charge in [-0.2, -0.15) is 0 Å². The summed E-state index contributed by atoms with van der Waals surface area (Å²) >= 11 is 1.73. The molecule has 2 unspecified atom stereocenters. The SMILES string of the molecule is CCCC1NC(c2cccs2)N(CCCCC(C)C)C1=O. The van der Waals surface area contributed by atoms with Crippen LogP contribution in [0.5, 0.6) is 0 Å². The van der Waals surface area contributed by atoms with Crippen LogP contribution in [0.3, 0.4) is 0 Å². The molecule has 1 N–H and O–H groups in total. The lowest BCUT2D eigenvalue weighted by atomic mass is 10.1. The molecule has 1 aromatic rings. The largest absolute Gasteiger partial charge is 0.321 e. The van der Waals surface area contributed by atoms with E-state index in [4.69, 9.17) is 0 Å². The topological polar surface area (TPSA) is 32.3 Å². The van der Waals surface area contributed by atoms with E-state index >= 15 is 0 Å². The highest BCUT2D eigenvalue weighted by molar-refractivity contribution is 7.10. The second-order valence-electron chi connectivity index (χ2n) is 6.35. The molecule has 0 saturated carbocycles. The van der Waals surface area contributed by atoms with Crippen LogP contribution in [-0.4, -0.2) is 23.4 Å². The first kappa shape index (κ1) is 16.5. The molecule has 0 aliphatic carbocycles. The lowest BCUT2D eigenvalue weighted by Crippen LogP contribution is -2.31. The van der Waals surface area contributed by atoms with Crippen molar-refractivity contribution in [3.05, 3.63) is 22.4 Å². The number of thiophene rings is 1. The molecule has 3 nitrogen and oxygen atoms in total. The zero-order chi connectivity index (χ0) is 15.2. The Labute approximate surface area is 132 Å². The fraction of sp³-hybridized carbons (Fsp3) is 0.706. The average Bonchev–Trinajstić information content (AvgIpc) is 3.05. The highest BCUT2D eigenvalue weighted by Crippen LogP contribution is 2.30. The number of hydrogen-bond acceptors (Lipinski definition) is 3. The van der Waals surface area contributed by atoms with Gasteiger partial charge in [0.15, 0.2) is 0 Å². The van der Waals surface area contributed by atoms with Gasteiger partial charge in [0.25, 0.3) is 0 Å². The molecule has 1 amide bonds. The number of nitrogens with one attached hydrogen (secondary N) is 1. The minimum absolute atomic E-state index is 0.00667. The van der Waals surface area contributed by atoms with Crippen LogP contribution in [0.25, 0.3) is 0 Å².